The van der Waals surface area contributed by atoms with Gasteiger partial charge < -0.3 is 14.9 Å². The van der Waals surface area contributed by atoms with E-state index in [1.165, 1.54) is 6.08 Å². The molecule has 0 bridgehead atoms. The minimum absolute atomic E-state index is 0.206. The summed E-state index contributed by atoms with van der Waals surface area (Å²) in [5, 5.41) is 17.9. The smallest absolute Gasteiger partial charge is 0.112 e. The monoisotopic (exact) mass is 130 g/mol. The quantitative estimate of drug-likeness (QED) is 0.461. The molecule has 9 heavy (non-hydrogen) atoms. The summed E-state index contributed by atoms with van der Waals surface area (Å²) in [5.41, 5.74) is 0. The molecule has 3 heteroatoms. The number of ether oxygens (including phenoxy) is 1. The van der Waals surface area contributed by atoms with Crippen LogP contribution < -0.4 is 0 Å². The van der Waals surface area contributed by atoms with Gasteiger partial charge in [-0.1, -0.05) is 6.08 Å². The largest absolute Gasteiger partial charge is 0.388 e. The van der Waals surface area contributed by atoms with E-state index in [0.29, 0.717) is 0 Å². The van der Waals surface area contributed by atoms with Crippen LogP contribution >= 0.6 is 0 Å². The molecule has 1 rings (SSSR count). The summed E-state index contributed by atoms with van der Waals surface area (Å²) in [4.78, 5) is 0. The SMILES string of the molecule is C=CC1OCC(O)C1O. The first-order chi connectivity index (χ1) is 4.25. The standard InChI is InChI=1S/C6H10O3/c1-2-5-6(8)4(7)3-9-5/h2,4-8H,1,3H2. The molecule has 3 atom stereocenters. The average Bonchev–Trinajstić information content (AvgIpc) is 2.15. The highest BCUT2D eigenvalue weighted by atomic mass is 16.5. The molecule has 0 radical (unpaired) electrons. The molecule has 0 aromatic carbocycles. The molecule has 3 nitrogen and oxygen atoms in total. The van der Waals surface area contributed by atoms with Crippen molar-refractivity contribution in [2.24, 2.45) is 0 Å². The first-order valence-electron chi connectivity index (χ1n) is 2.86. The van der Waals surface area contributed by atoms with Crippen molar-refractivity contribution in [3.05, 3.63) is 12.7 Å². The van der Waals surface area contributed by atoms with Gasteiger partial charge in [0.2, 0.25) is 0 Å². The molecular formula is C6H10O3. The fourth-order valence-corrected chi connectivity index (χ4v) is 0.833. The fourth-order valence-electron chi connectivity index (χ4n) is 0.833. The molecule has 0 aromatic heterocycles. The van der Waals surface area contributed by atoms with Crippen LogP contribution in [0, 0.1) is 0 Å². The number of hydrogen-bond donors (Lipinski definition) is 2. The van der Waals surface area contributed by atoms with Gasteiger partial charge in [-0.2, -0.15) is 0 Å². The lowest BCUT2D eigenvalue weighted by Crippen LogP contribution is -2.28. The maximum absolute atomic E-state index is 9.01. The number of aliphatic hydroxyl groups excluding tert-OH is 2. The second-order valence-electron chi connectivity index (χ2n) is 2.09. The summed E-state index contributed by atoms with van der Waals surface area (Å²) >= 11 is 0. The number of aliphatic hydroxyl groups is 2. The van der Waals surface area contributed by atoms with E-state index < -0.39 is 12.2 Å². The van der Waals surface area contributed by atoms with E-state index in [1.54, 1.807) is 0 Å². The van der Waals surface area contributed by atoms with Gasteiger partial charge in [0.25, 0.3) is 0 Å². The van der Waals surface area contributed by atoms with Gasteiger partial charge in [0.1, 0.15) is 18.3 Å². The van der Waals surface area contributed by atoms with Crippen molar-refractivity contribution in [2.45, 2.75) is 18.3 Å². The summed E-state index contributed by atoms with van der Waals surface area (Å²) in [6.07, 6.45) is -0.434. The van der Waals surface area contributed by atoms with Crippen LogP contribution in [0.4, 0.5) is 0 Å². The van der Waals surface area contributed by atoms with Gasteiger partial charge in [-0.15, -0.1) is 6.58 Å². The lowest BCUT2D eigenvalue weighted by atomic mass is 10.1. The molecule has 2 N–H and O–H groups in total. The summed E-state index contributed by atoms with van der Waals surface area (Å²) in [5.74, 6) is 0. The Labute approximate surface area is 53.6 Å². The maximum atomic E-state index is 9.01. The van der Waals surface area contributed by atoms with Gasteiger partial charge in [-0.05, 0) is 0 Å². The molecule has 1 heterocycles. The molecule has 0 spiro atoms. The Morgan fingerprint density at radius 2 is 2.22 bits per heavy atom. The van der Waals surface area contributed by atoms with Crippen LogP contribution in [0.25, 0.3) is 0 Å². The zero-order valence-corrected chi connectivity index (χ0v) is 5.03. The molecular weight excluding hydrogens is 120 g/mol. The highest BCUT2D eigenvalue weighted by Gasteiger charge is 2.31. The molecule has 1 saturated heterocycles. The van der Waals surface area contributed by atoms with E-state index in [9.17, 15) is 0 Å². The van der Waals surface area contributed by atoms with Crippen molar-refractivity contribution >= 4 is 0 Å². The molecule has 0 saturated carbocycles. The summed E-state index contributed by atoms with van der Waals surface area (Å²) in [6.45, 7) is 3.64. The zero-order valence-electron chi connectivity index (χ0n) is 5.03. The predicted octanol–water partition coefficient (Wildman–Crippen LogP) is -0.707. The fraction of sp³-hybridized carbons (Fsp3) is 0.667. The van der Waals surface area contributed by atoms with Gasteiger partial charge in [-0.3, -0.25) is 0 Å². The normalized spacial score (nSPS) is 43.1. The predicted molar refractivity (Wildman–Crippen MR) is 32.0 cm³/mol. The summed E-state index contributed by atoms with van der Waals surface area (Å²) in [6, 6.07) is 0. The van der Waals surface area contributed by atoms with Crippen LogP contribution in [0.15, 0.2) is 12.7 Å². The van der Waals surface area contributed by atoms with E-state index in [2.05, 4.69) is 6.58 Å². The second-order valence-corrected chi connectivity index (χ2v) is 2.09. The maximum Gasteiger partial charge on any atom is 0.112 e. The van der Waals surface area contributed by atoms with Crippen molar-refractivity contribution in [1.29, 1.82) is 0 Å². The van der Waals surface area contributed by atoms with Crippen molar-refractivity contribution in [3.8, 4) is 0 Å². The number of rotatable bonds is 1. The molecule has 0 aliphatic carbocycles. The Morgan fingerprint density at radius 1 is 1.56 bits per heavy atom. The highest BCUT2D eigenvalue weighted by molar-refractivity contribution is 4.93. The topological polar surface area (TPSA) is 49.7 Å². The third-order valence-corrected chi connectivity index (χ3v) is 1.42. The third kappa shape index (κ3) is 1.13. The van der Waals surface area contributed by atoms with Crippen molar-refractivity contribution < 1.29 is 14.9 Å². The van der Waals surface area contributed by atoms with Crippen LogP contribution in [-0.4, -0.2) is 35.1 Å². The molecule has 0 amide bonds. The van der Waals surface area contributed by atoms with Crippen molar-refractivity contribution in [1.82, 2.24) is 0 Å². The van der Waals surface area contributed by atoms with Gasteiger partial charge in [0.15, 0.2) is 0 Å². The van der Waals surface area contributed by atoms with E-state index in [-0.39, 0.29) is 12.7 Å². The van der Waals surface area contributed by atoms with Crippen molar-refractivity contribution in [3.63, 3.8) is 0 Å². The zero-order chi connectivity index (χ0) is 6.85. The van der Waals surface area contributed by atoms with Gasteiger partial charge in [0, 0.05) is 0 Å². The third-order valence-electron chi connectivity index (χ3n) is 1.42. The first-order valence-corrected chi connectivity index (χ1v) is 2.86. The van der Waals surface area contributed by atoms with Gasteiger partial charge >= 0.3 is 0 Å². The van der Waals surface area contributed by atoms with E-state index in [1.807, 2.05) is 0 Å². The molecule has 3 unspecified atom stereocenters. The van der Waals surface area contributed by atoms with E-state index >= 15 is 0 Å². The van der Waals surface area contributed by atoms with E-state index in [0.717, 1.165) is 0 Å². The Bertz CT molecular complexity index is 113. The van der Waals surface area contributed by atoms with Gasteiger partial charge in [-0.25, -0.2) is 0 Å². The molecule has 1 fully saturated rings. The van der Waals surface area contributed by atoms with Crippen LogP contribution in [0.5, 0.6) is 0 Å². The first kappa shape index (κ1) is 6.74. The Balaban J connectivity index is 2.50. The van der Waals surface area contributed by atoms with Crippen LogP contribution in [0.2, 0.25) is 0 Å². The highest BCUT2D eigenvalue weighted by Crippen LogP contribution is 2.13. The minimum Gasteiger partial charge on any atom is -0.388 e. The Hall–Kier alpha value is -0.380. The van der Waals surface area contributed by atoms with Crippen LogP contribution in [0.3, 0.4) is 0 Å². The Kier molecular flexibility index (Phi) is 1.85. The van der Waals surface area contributed by atoms with Crippen molar-refractivity contribution in [2.75, 3.05) is 6.61 Å². The molecule has 52 valence electrons. The summed E-state index contributed by atoms with van der Waals surface area (Å²) in [7, 11) is 0. The lowest BCUT2D eigenvalue weighted by Gasteiger charge is -2.08. The summed E-state index contributed by atoms with van der Waals surface area (Å²) < 4.78 is 4.91. The Morgan fingerprint density at radius 3 is 2.44 bits per heavy atom. The van der Waals surface area contributed by atoms with Crippen LogP contribution in [-0.2, 0) is 4.74 Å². The number of hydrogen-bond acceptors (Lipinski definition) is 3. The molecule has 1 aliphatic rings. The second kappa shape index (κ2) is 2.47. The van der Waals surface area contributed by atoms with Crippen LogP contribution in [0.1, 0.15) is 0 Å². The molecule has 1 aliphatic heterocycles. The van der Waals surface area contributed by atoms with E-state index in [4.69, 9.17) is 14.9 Å². The average molecular weight is 130 g/mol. The van der Waals surface area contributed by atoms with Gasteiger partial charge in [0.05, 0.1) is 6.61 Å². The molecule has 0 aromatic rings. The lowest BCUT2D eigenvalue weighted by molar-refractivity contribution is 0.0421. The minimum atomic E-state index is -0.789.